The van der Waals surface area contributed by atoms with Gasteiger partial charge in [-0.05, 0) is 44.0 Å². The molecule has 26 heavy (non-hydrogen) atoms. The lowest BCUT2D eigenvalue weighted by Crippen LogP contribution is -2.36. The lowest BCUT2D eigenvalue weighted by atomic mass is 9.95. The van der Waals surface area contributed by atoms with Crippen LogP contribution in [0.1, 0.15) is 47.6 Å². The molecule has 1 amide bonds. The van der Waals surface area contributed by atoms with Gasteiger partial charge in [-0.15, -0.1) is 0 Å². The molecule has 1 aromatic heterocycles. The van der Waals surface area contributed by atoms with Gasteiger partial charge in [0.25, 0.3) is 0 Å². The average Bonchev–Trinajstić information content (AvgIpc) is 2.61. The van der Waals surface area contributed by atoms with E-state index in [2.05, 4.69) is 9.97 Å². The number of carbonyl (C=O) groups is 2. The number of nitrogens with zero attached hydrogens (tertiary/aromatic N) is 3. The van der Waals surface area contributed by atoms with Crippen LogP contribution >= 0.6 is 0 Å². The first-order valence-electron chi connectivity index (χ1n) is 8.49. The van der Waals surface area contributed by atoms with Crippen molar-refractivity contribution in [1.29, 1.82) is 0 Å². The third-order valence-corrected chi connectivity index (χ3v) is 4.66. The van der Waals surface area contributed by atoms with Gasteiger partial charge in [0.1, 0.15) is 11.6 Å². The predicted octanol–water partition coefficient (Wildman–Crippen LogP) is 3.02. The molecule has 1 saturated heterocycles. The minimum Gasteiger partial charge on any atom is -0.478 e. The summed E-state index contributed by atoms with van der Waals surface area (Å²) < 4.78 is 13.7. The van der Waals surface area contributed by atoms with Gasteiger partial charge in [-0.1, -0.05) is 0 Å². The van der Waals surface area contributed by atoms with E-state index in [1.807, 2.05) is 0 Å². The topological polar surface area (TPSA) is 83.4 Å². The van der Waals surface area contributed by atoms with Crippen LogP contribution in [0.3, 0.4) is 0 Å². The van der Waals surface area contributed by atoms with E-state index < -0.39 is 11.8 Å². The fourth-order valence-electron chi connectivity index (χ4n) is 3.28. The van der Waals surface area contributed by atoms with Crippen LogP contribution in [0.5, 0.6) is 0 Å². The molecule has 1 fully saturated rings. The quantitative estimate of drug-likeness (QED) is 0.913. The number of hydrogen-bond donors (Lipinski definition) is 1. The Labute approximate surface area is 150 Å². The number of aromatic nitrogens is 2. The molecule has 2 heterocycles. The molecule has 6 nitrogen and oxygen atoms in total. The molecule has 3 rings (SSSR count). The predicted molar refractivity (Wildman–Crippen MR) is 93.4 cm³/mol. The molecule has 1 aromatic carbocycles. The Morgan fingerprint density at radius 1 is 1.19 bits per heavy atom. The molecule has 0 spiro atoms. The van der Waals surface area contributed by atoms with Crippen molar-refractivity contribution in [3.8, 4) is 11.3 Å². The van der Waals surface area contributed by atoms with Gasteiger partial charge in [0.2, 0.25) is 5.91 Å². The fourth-order valence-corrected chi connectivity index (χ4v) is 3.28. The van der Waals surface area contributed by atoms with Crippen LogP contribution < -0.4 is 0 Å². The van der Waals surface area contributed by atoms with Crippen LogP contribution in [0, 0.1) is 12.7 Å². The van der Waals surface area contributed by atoms with Crippen molar-refractivity contribution >= 4 is 11.9 Å². The van der Waals surface area contributed by atoms with Gasteiger partial charge in [0.05, 0.1) is 11.3 Å². The number of aryl methyl sites for hydroxylation is 1. The second-order valence-corrected chi connectivity index (χ2v) is 6.53. The van der Waals surface area contributed by atoms with Gasteiger partial charge >= 0.3 is 5.97 Å². The number of hydrogen-bond acceptors (Lipinski definition) is 4. The molecule has 0 aliphatic carbocycles. The summed E-state index contributed by atoms with van der Waals surface area (Å²) in [4.78, 5) is 33.8. The number of rotatable bonds is 3. The number of likely N-dealkylation sites (tertiary alicyclic amines) is 1. The van der Waals surface area contributed by atoms with E-state index in [0.717, 1.165) is 18.9 Å². The van der Waals surface area contributed by atoms with E-state index in [4.69, 9.17) is 0 Å². The summed E-state index contributed by atoms with van der Waals surface area (Å²) in [5.74, 6) is -0.889. The third-order valence-electron chi connectivity index (χ3n) is 4.66. The Balaban J connectivity index is 1.96. The molecule has 1 aliphatic heterocycles. The summed E-state index contributed by atoms with van der Waals surface area (Å²) >= 11 is 0. The number of amides is 1. The van der Waals surface area contributed by atoms with E-state index in [9.17, 15) is 19.1 Å². The van der Waals surface area contributed by atoms with E-state index >= 15 is 0 Å². The molecule has 1 aliphatic rings. The third kappa shape index (κ3) is 3.71. The highest BCUT2D eigenvalue weighted by atomic mass is 19.1. The fraction of sp³-hybridized carbons (Fsp3) is 0.368. The summed E-state index contributed by atoms with van der Waals surface area (Å²) in [5, 5.41) is 9.38. The van der Waals surface area contributed by atoms with Crippen molar-refractivity contribution in [3.63, 3.8) is 0 Å². The highest BCUT2D eigenvalue weighted by Crippen LogP contribution is 2.29. The van der Waals surface area contributed by atoms with Crippen LogP contribution in [-0.2, 0) is 4.79 Å². The number of carboxylic acids is 1. The molecule has 0 saturated carbocycles. The molecule has 7 heteroatoms. The Morgan fingerprint density at radius 3 is 2.50 bits per heavy atom. The van der Waals surface area contributed by atoms with Crippen LogP contribution in [0.15, 0.2) is 24.3 Å². The highest BCUT2D eigenvalue weighted by Gasteiger charge is 2.25. The van der Waals surface area contributed by atoms with E-state index in [0.29, 0.717) is 30.3 Å². The van der Waals surface area contributed by atoms with Crippen LogP contribution in [0.25, 0.3) is 11.3 Å². The van der Waals surface area contributed by atoms with Gasteiger partial charge in [0.15, 0.2) is 0 Å². The summed E-state index contributed by atoms with van der Waals surface area (Å²) in [7, 11) is 0. The molecule has 1 N–H and O–H groups in total. The number of carbonyl (C=O) groups excluding carboxylic acids is 1. The standard InChI is InChI=1S/C19H20FN3O3/c1-11-9-17(16-10-14(20)3-4-15(16)19(25)26)22-18(21-11)13-5-7-23(8-6-13)12(2)24/h3-4,9-10,13H,5-8H2,1-2H3,(H,25,26). The molecular formula is C19H20FN3O3. The van der Waals surface area contributed by atoms with Gasteiger partial charge in [-0.2, -0.15) is 0 Å². The minimum atomic E-state index is -1.13. The van der Waals surface area contributed by atoms with Crippen molar-refractivity contribution in [1.82, 2.24) is 14.9 Å². The molecule has 136 valence electrons. The number of aromatic carboxylic acids is 1. The SMILES string of the molecule is CC(=O)N1CCC(c2nc(C)cc(-c3cc(F)ccc3C(=O)O)n2)CC1. The number of benzene rings is 1. The zero-order valence-electron chi connectivity index (χ0n) is 14.7. The summed E-state index contributed by atoms with van der Waals surface area (Å²) in [5.41, 5.74) is 1.34. The largest absolute Gasteiger partial charge is 0.478 e. The van der Waals surface area contributed by atoms with Crippen LogP contribution in [0.4, 0.5) is 4.39 Å². The number of halogens is 1. The van der Waals surface area contributed by atoms with Crippen molar-refractivity contribution in [2.45, 2.75) is 32.6 Å². The Morgan fingerprint density at radius 2 is 1.88 bits per heavy atom. The summed E-state index contributed by atoms with van der Waals surface area (Å²) in [6.45, 7) is 4.65. The zero-order chi connectivity index (χ0) is 18.8. The first kappa shape index (κ1) is 18.0. The van der Waals surface area contributed by atoms with Crippen LogP contribution in [-0.4, -0.2) is 44.9 Å². The molecule has 0 unspecified atom stereocenters. The maximum absolute atomic E-state index is 13.7. The molecule has 2 aromatic rings. The maximum Gasteiger partial charge on any atom is 0.336 e. The molecule has 0 radical (unpaired) electrons. The van der Waals surface area contributed by atoms with Gasteiger partial charge in [0, 0.05) is 37.2 Å². The van der Waals surface area contributed by atoms with Crippen molar-refractivity contribution < 1.29 is 19.1 Å². The summed E-state index contributed by atoms with van der Waals surface area (Å²) in [6.07, 6.45) is 1.49. The maximum atomic E-state index is 13.7. The second-order valence-electron chi connectivity index (χ2n) is 6.53. The smallest absolute Gasteiger partial charge is 0.336 e. The Bertz CT molecular complexity index is 861. The van der Waals surface area contributed by atoms with E-state index in [-0.39, 0.29) is 23.0 Å². The number of carboxylic acid groups (broad SMARTS) is 1. The zero-order valence-corrected chi connectivity index (χ0v) is 14.7. The van der Waals surface area contributed by atoms with E-state index in [1.165, 1.54) is 12.1 Å². The van der Waals surface area contributed by atoms with Gasteiger partial charge in [-0.25, -0.2) is 19.2 Å². The lowest BCUT2D eigenvalue weighted by molar-refractivity contribution is -0.129. The Hall–Kier alpha value is -2.83. The number of piperidine rings is 1. The van der Waals surface area contributed by atoms with Crippen LogP contribution in [0.2, 0.25) is 0 Å². The highest BCUT2D eigenvalue weighted by molar-refractivity contribution is 5.95. The van der Waals surface area contributed by atoms with Gasteiger partial charge in [-0.3, -0.25) is 4.79 Å². The normalized spacial score (nSPS) is 15.1. The average molecular weight is 357 g/mol. The minimum absolute atomic E-state index is 0.00171. The van der Waals surface area contributed by atoms with E-state index in [1.54, 1.807) is 24.8 Å². The van der Waals surface area contributed by atoms with Crippen molar-refractivity contribution in [2.24, 2.45) is 0 Å². The second kappa shape index (κ2) is 7.19. The first-order chi connectivity index (χ1) is 12.3. The molecule has 0 bridgehead atoms. The Kier molecular flexibility index (Phi) is 4.97. The first-order valence-corrected chi connectivity index (χ1v) is 8.49. The summed E-state index contributed by atoms with van der Waals surface area (Å²) in [6, 6.07) is 5.22. The van der Waals surface area contributed by atoms with Gasteiger partial charge < -0.3 is 10.0 Å². The van der Waals surface area contributed by atoms with Crippen molar-refractivity contribution in [2.75, 3.05) is 13.1 Å². The molecular weight excluding hydrogens is 337 g/mol. The molecule has 0 atom stereocenters. The monoisotopic (exact) mass is 357 g/mol. The van der Waals surface area contributed by atoms with Crippen molar-refractivity contribution in [3.05, 3.63) is 47.2 Å². The lowest BCUT2D eigenvalue weighted by Gasteiger charge is -2.30.